The van der Waals surface area contributed by atoms with E-state index in [2.05, 4.69) is 64.6 Å². The number of amides is 1. The van der Waals surface area contributed by atoms with Gasteiger partial charge in [0, 0.05) is 62.8 Å². The minimum Gasteiger partial charge on any atom is -0.434 e. The van der Waals surface area contributed by atoms with Crippen LogP contribution >= 0.6 is 0 Å². The van der Waals surface area contributed by atoms with Crippen molar-refractivity contribution in [2.45, 2.75) is 85.5 Å². The molecule has 2 aliphatic heterocycles. The number of aliphatic hydroxyl groups excluding tert-OH is 1. The second kappa shape index (κ2) is 13.8. The lowest BCUT2D eigenvalue weighted by molar-refractivity contribution is -0.0487. The number of benzene rings is 1. The van der Waals surface area contributed by atoms with Crippen LogP contribution in [0.4, 0.5) is 10.2 Å². The summed E-state index contributed by atoms with van der Waals surface area (Å²) in [5, 5.41) is 19.0. The molecule has 0 radical (unpaired) electrons. The van der Waals surface area contributed by atoms with E-state index in [0.717, 1.165) is 39.0 Å². The average Bonchev–Trinajstić information content (AvgIpc) is 3.38. The maximum atomic E-state index is 14.3. The zero-order valence-corrected chi connectivity index (χ0v) is 27.1. The summed E-state index contributed by atoms with van der Waals surface area (Å²) in [6, 6.07) is 4.61. The van der Waals surface area contributed by atoms with E-state index in [1.54, 1.807) is 4.90 Å². The number of hydrogen-bond acceptors (Lipinski definition) is 9. The molecule has 1 aromatic heterocycles. The second-order valence-electron chi connectivity index (χ2n) is 13.3. The Morgan fingerprint density at radius 2 is 1.86 bits per heavy atom. The van der Waals surface area contributed by atoms with E-state index in [1.807, 2.05) is 20.8 Å². The minimum absolute atomic E-state index is 0.0508. The van der Waals surface area contributed by atoms with Crippen LogP contribution < -0.4 is 9.64 Å². The van der Waals surface area contributed by atoms with Crippen LogP contribution in [0.5, 0.6) is 11.6 Å². The topological polar surface area (TPSA) is 98.2 Å². The van der Waals surface area contributed by atoms with E-state index in [4.69, 9.17) is 4.74 Å². The summed E-state index contributed by atoms with van der Waals surface area (Å²) in [6.07, 6.45) is 2.80. The molecule has 1 spiro atoms. The molecule has 0 aliphatic carbocycles. The van der Waals surface area contributed by atoms with Crippen LogP contribution in [0.25, 0.3) is 0 Å². The summed E-state index contributed by atoms with van der Waals surface area (Å²) in [6.45, 7) is 19.2. The fraction of sp³-hybridized carbons (Fsp3) is 0.688. The highest BCUT2D eigenvalue weighted by atomic mass is 19.1. The maximum absolute atomic E-state index is 14.3. The third-order valence-corrected chi connectivity index (χ3v) is 9.12. The zero-order chi connectivity index (χ0) is 31.5. The van der Waals surface area contributed by atoms with Crippen molar-refractivity contribution in [1.82, 2.24) is 29.9 Å². The van der Waals surface area contributed by atoms with Gasteiger partial charge in [0.15, 0.2) is 5.82 Å². The largest absolute Gasteiger partial charge is 0.434 e. The van der Waals surface area contributed by atoms with Crippen LogP contribution in [-0.4, -0.2) is 111 Å². The van der Waals surface area contributed by atoms with Crippen molar-refractivity contribution < 1.29 is 19.0 Å². The molecule has 0 saturated carbocycles. The predicted molar refractivity (Wildman–Crippen MR) is 166 cm³/mol. The number of aliphatic hydroxyl groups is 1. The summed E-state index contributed by atoms with van der Waals surface area (Å²) in [5.74, 6) is 0.605. The van der Waals surface area contributed by atoms with E-state index >= 15 is 0 Å². The van der Waals surface area contributed by atoms with E-state index in [0.29, 0.717) is 36.9 Å². The molecule has 0 unspecified atom stereocenters. The molecule has 1 amide bonds. The number of nitrogens with zero attached hydrogens (tertiary/aromatic N) is 7. The molecule has 1 aromatic carbocycles. The van der Waals surface area contributed by atoms with Crippen molar-refractivity contribution in [2.24, 2.45) is 11.3 Å². The van der Waals surface area contributed by atoms with Gasteiger partial charge in [0.2, 0.25) is 0 Å². The number of carbonyl (C=O) groups excluding carboxylic acids is 1. The summed E-state index contributed by atoms with van der Waals surface area (Å²) in [7, 11) is 2.06. The molecule has 0 bridgehead atoms. The highest BCUT2D eigenvalue weighted by Crippen LogP contribution is 2.44. The number of anilines is 1. The molecule has 2 atom stereocenters. The first-order valence-electron chi connectivity index (χ1n) is 15.7. The Morgan fingerprint density at radius 3 is 2.49 bits per heavy atom. The SMILES string of the molecule is CCN(C(=O)c1cc(F)ccc1Oc1nncnc1N1CCC2(C1)CN([C@@H](C[C@@H](O)CN(C)C(C)C)C(C)C)C2)C(C)C. The van der Waals surface area contributed by atoms with Gasteiger partial charge < -0.3 is 24.5 Å². The van der Waals surface area contributed by atoms with Crippen LogP contribution in [0.1, 0.15) is 71.7 Å². The number of ether oxygens (including phenoxy) is 1. The van der Waals surface area contributed by atoms with Crippen LogP contribution in [0.15, 0.2) is 24.5 Å². The van der Waals surface area contributed by atoms with Gasteiger partial charge in [-0.3, -0.25) is 9.69 Å². The van der Waals surface area contributed by atoms with Crippen molar-refractivity contribution >= 4 is 11.7 Å². The van der Waals surface area contributed by atoms with Gasteiger partial charge in [-0.1, -0.05) is 13.8 Å². The van der Waals surface area contributed by atoms with Crippen molar-refractivity contribution in [3.05, 3.63) is 35.9 Å². The van der Waals surface area contributed by atoms with Gasteiger partial charge in [0.05, 0.1) is 11.7 Å². The molecule has 4 rings (SSSR count). The summed E-state index contributed by atoms with van der Waals surface area (Å²) in [4.78, 5) is 26.4. The van der Waals surface area contributed by atoms with Crippen LogP contribution in [-0.2, 0) is 0 Å². The fourth-order valence-corrected chi connectivity index (χ4v) is 6.47. The maximum Gasteiger partial charge on any atom is 0.282 e. The van der Waals surface area contributed by atoms with E-state index < -0.39 is 5.82 Å². The number of likely N-dealkylation sites (tertiary alicyclic amines) is 1. The van der Waals surface area contributed by atoms with Crippen molar-refractivity contribution in [2.75, 3.05) is 51.2 Å². The third-order valence-electron chi connectivity index (χ3n) is 9.12. The molecular formula is C32H50FN7O3. The number of halogens is 1. The molecular weight excluding hydrogens is 549 g/mol. The number of rotatable bonds is 13. The molecule has 11 heteroatoms. The number of aromatic nitrogens is 3. The normalized spacial score (nSPS) is 18.1. The first-order valence-corrected chi connectivity index (χ1v) is 15.7. The number of likely N-dealkylation sites (N-methyl/N-ethyl adjacent to an activating group) is 1. The number of carbonyl (C=O) groups is 1. The van der Waals surface area contributed by atoms with Gasteiger partial charge in [-0.25, -0.2) is 9.37 Å². The van der Waals surface area contributed by atoms with Crippen LogP contribution in [0, 0.1) is 17.2 Å². The van der Waals surface area contributed by atoms with Crippen molar-refractivity contribution in [3.63, 3.8) is 0 Å². The molecule has 2 aromatic rings. The Balaban J connectivity index is 1.45. The summed E-state index contributed by atoms with van der Waals surface area (Å²) < 4.78 is 20.4. The van der Waals surface area contributed by atoms with Crippen molar-refractivity contribution in [1.29, 1.82) is 0 Å². The van der Waals surface area contributed by atoms with E-state index in [9.17, 15) is 14.3 Å². The first-order chi connectivity index (χ1) is 20.3. The van der Waals surface area contributed by atoms with Gasteiger partial charge in [-0.15, -0.1) is 10.2 Å². The molecule has 2 saturated heterocycles. The Kier molecular flexibility index (Phi) is 10.6. The van der Waals surface area contributed by atoms with Crippen LogP contribution in [0.2, 0.25) is 0 Å². The summed E-state index contributed by atoms with van der Waals surface area (Å²) in [5.41, 5.74) is 0.270. The molecule has 43 heavy (non-hydrogen) atoms. The molecule has 1 N–H and O–H groups in total. The van der Waals surface area contributed by atoms with E-state index in [1.165, 1.54) is 24.5 Å². The smallest absolute Gasteiger partial charge is 0.282 e. The minimum atomic E-state index is -0.511. The Morgan fingerprint density at radius 1 is 1.14 bits per heavy atom. The number of hydrogen-bond donors (Lipinski definition) is 1. The molecule has 238 valence electrons. The standard InChI is InChI=1S/C32H50FN7O3/c1-9-40(23(6)7)31(42)26-14-24(33)10-11-28(26)43-30-29(34-20-35-36-30)38-13-12-32(17-38)18-39(19-32)27(21(2)3)15-25(41)16-37(8)22(4)5/h10-11,14,20-23,25,27,41H,9,12-13,15-19H2,1-8H3/t25-,27+/m1/s1. The average molecular weight is 600 g/mol. The van der Waals surface area contributed by atoms with Crippen LogP contribution in [0.3, 0.4) is 0 Å². The quantitative estimate of drug-likeness (QED) is 0.361. The Labute approximate surface area is 256 Å². The molecule has 2 fully saturated rings. The monoisotopic (exact) mass is 599 g/mol. The fourth-order valence-electron chi connectivity index (χ4n) is 6.47. The molecule has 2 aliphatic rings. The van der Waals surface area contributed by atoms with Gasteiger partial charge >= 0.3 is 0 Å². The second-order valence-corrected chi connectivity index (χ2v) is 13.3. The highest BCUT2D eigenvalue weighted by molar-refractivity contribution is 5.97. The predicted octanol–water partition coefficient (Wildman–Crippen LogP) is 4.30. The lowest BCUT2D eigenvalue weighted by Gasteiger charge is -2.53. The molecule has 3 heterocycles. The first kappa shape index (κ1) is 33.0. The Hall–Kier alpha value is -2.89. The molecule has 10 nitrogen and oxygen atoms in total. The van der Waals surface area contributed by atoms with Gasteiger partial charge in [0.1, 0.15) is 17.9 Å². The van der Waals surface area contributed by atoms with Crippen molar-refractivity contribution in [3.8, 4) is 11.6 Å². The lowest BCUT2D eigenvalue weighted by Crippen LogP contribution is -2.62. The van der Waals surface area contributed by atoms with Gasteiger partial charge in [-0.05, 0) is 78.6 Å². The lowest BCUT2D eigenvalue weighted by atomic mass is 9.76. The van der Waals surface area contributed by atoms with Gasteiger partial charge in [-0.2, -0.15) is 0 Å². The van der Waals surface area contributed by atoms with E-state index in [-0.39, 0.29) is 40.7 Å². The summed E-state index contributed by atoms with van der Waals surface area (Å²) >= 11 is 0. The zero-order valence-electron chi connectivity index (χ0n) is 27.1. The highest BCUT2D eigenvalue weighted by Gasteiger charge is 2.50. The Bertz CT molecular complexity index is 1240. The van der Waals surface area contributed by atoms with Gasteiger partial charge in [0.25, 0.3) is 11.8 Å². The third kappa shape index (κ3) is 7.61.